The molecule has 1 amide bonds. The van der Waals surface area contributed by atoms with Crippen LogP contribution in [0.4, 0.5) is 0 Å². The van der Waals surface area contributed by atoms with Gasteiger partial charge in [-0.25, -0.2) is 0 Å². The Morgan fingerprint density at radius 3 is 2.59 bits per heavy atom. The Bertz CT molecular complexity index is 851. The van der Waals surface area contributed by atoms with E-state index in [4.69, 9.17) is 14.6 Å². The highest BCUT2D eigenvalue weighted by Crippen LogP contribution is 2.49. The summed E-state index contributed by atoms with van der Waals surface area (Å²) in [4.78, 5) is 25.7. The van der Waals surface area contributed by atoms with Crippen LogP contribution in [0.15, 0.2) is 54.6 Å². The molecule has 6 heteroatoms. The van der Waals surface area contributed by atoms with Crippen molar-refractivity contribution in [1.29, 1.82) is 0 Å². The van der Waals surface area contributed by atoms with Gasteiger partial charge in [0.25, 0.3) is 0 Å². The summed E-state index contributed by atoms with van der Waals surface area (Å²) in [6.45, 7) is 1.74. The van der Waals surface area contributed by atoms with Gasteiger partial charge in [0.1, 0.15) is 12.4 Å². The third kappa shape index (κ3) is 4.77. The average molecular weight is 395 g/mol. The topological polar surface area (TPSA) is 76.1 Å². The number of morpholine rings is 1. The first-order chi connectivity index (χ1) is 14.1. The number of nitrogens with zero attached hydrogens (tertiary/aromatic N) is 1. The number of benzene rings is 2. The van der Waals surface area contributed by atoms with Crippen LogP contribution in [0.3, 0.4) is 0 Å². The summed E-state index contributed by atoms with van der Waals surface area (Å²) in [6.07, 6.45) is 0.733. The number of aliphatic carboxylic acids is 1. The summed E-state index contributed by atoms with van der Waals surface area (Å²) in [5.74, 6) is 0.0704. The van der Waals surface area contributed by atoms with E-state index in [2.05, 4.69) is 0 Å². The first-order valence-corrected chi connectivity index (χ1v) is 9.98. The maximum atomic E-state index is 12.9. The van der Waals surface area contributed by atoms with Crippen LogP contribution in [-0.2, 0) is 20.9 Å². The molecule has 2 aromatic rings. The summed E-state index contributed by atoms with van der Waals surface area (Å²) in [6, 6.07) is 17.6. The van der Waals surface area contributed by atoms with Crippen LogP contribution in [0.2, 0.25) is 0 Å². The molecule has 0 bridgehead atoms. The Kier molecular flexibility index (Phi) is 5.81. The molecule has 1 aliphatic carbocycles. The van der Waals surface area contributed by atoms with Gasteiger partial charge in [-0.15, -0.1) is 0 Å². The molecule has 1 saturated carbocycles. The Hall–Kier alpha value is -2.86. The van der Waals surface area contributed by atoms with Gasteiger partial charge in [-0.2, -0.15) is 0 Å². The average Bonchev–Trinajstić information content (AvgIpc) is 3.54. The summed E-state index contributed by atoms with van der Waals surface area (Å²) in [7, 11) is 0. The maximum absolute atomic E-state index is 12.9. The van der Waals surface area contributed by atoms with E-state index in [9.17, 15) is 9.59 Å². The summed E-state index contributed by atoms with van der Waals surface area (Å²) >= 11 is 0. The number of ether oxygens (including phenoxy) is 2. The molecule has 3 unspecified atom stereocenters. The number of carboxylic acids is 1. The van der Waals surface area contributed by atoms with Gasteiger partial charge in [-0.3, -0.25) is 9.59 Å². The third-order valence-electron chi connectivity index (χ3n) is 5.59. The van der Waals surface area contributed by atoms with Crippen LogP contribution in [-0.4, -0.2) is 47.7 Å². The molecule has 2 aliphatic rings. The fourth-order valence-electron chi connectivity index (χ4n) is 3.92. The minimum absolute atomic E-state index is 0.0500. The quantitative estimate of drug-likeness (QED) is 0.780. The van der Waals surface area contributed by atoms with Gasteiger partial charge < -0.3 is 19.5 Å². The number of rotatable bonds is 7. The molecule has 6 nitrogen and oxygen atoms in total. The van der Waals surface area contributed by atoms with Crippen LogP contribution in [0.5, 0.6) is 5.75 Å². The molecular weight excluding hydrogens is 370 g/mol. The van der Waals surface area contributed by atoms with Gasteiger partial charge >= 0.3 is 5.97 Å². The summed E-state index contributed by atoms with van der Waals surface area (Å²) in [5, 5.41) is 9.09. The van der Waals surface area contributed by atoms with E-state index < -0.39 is 5.97 Å². The Morgan fingerprint density at radius 1 is 1.10 bits per heavy atom. The van der Waals surface area contributed by atoms with E-state index in [-0.39, 0.29) is 30.2 Å². The molecule has 3 atom stereocenters. The molecule has 1 N–H and O–H groups in total. The molecule has 152 valence electrons. The monoisotopic (exact) mass is 395 g/mol. The van der Waals surface area contributed by atoms with Crippen molar-refractivity contribution in [3.05, 3.63) is 65.7 Å². The van der Waals surface area contributed by atoms with E-state index in [1.807, 2.05) is 54.6 Å². The Labute approximate surface area is 170 Å². The third-order valence-corrected chi connectivity index (χ3v) is 5.59. The predicted octanol–water partition coefficient (Wildman–Crippen LogP) is 3.07. The minimum atomic E-state index is -0.906. The van der Waals surface area contributed by atoms with Crippen molar-refractivity contribution >= 4 is 11.9 Å². The lowest BCUT2D eigenvalue weighted by molar-refractivity contribution is -0.147. The number of amides is 1. The molecule has 1 aliphatic heterocycles. The van der Waals surface area contributed by atoms with E-state index in [0.29, 0.717) is 26.4 Å². The molecule has 0 aromatic heterocycles. The number of carbonyl (C=O) groups excluding carboxylic acids is 1. The van der Waals surface area contributed by atoms with E-state index in [1.54, 1.807) is 4.90 Å². The van der Waals surface area contributed by atoms with E-state index in [0.717, 1.165) is 23.3 Å². The molecule has 1 saturated heterocycles. The normalized spacial score (nSPS) is 23.4. The zero-order valence-corrected chi connectivity index (χ0v) is 16.2. The maximum Gasteiger partial charge on any atom is 0.305 e. The van der Waals surface area contributed by atoms with Crippen LogP contribution in [0.25, 0.3) is 0 Å². The van der Waals surface area contributed by atoms with Crippen molar-refractivity contribution in [2.45, 2.75) is 31.4 Å². The van der Waals surface area contributed by atoms with Crippen molar-refractivity contribution in [1.82, 2.24) is 4.90 Å². The second-order valence-corrected chi connectivity index (χ2v) is 7.65. The van der Waals surface area contributed by atoms with Gasteiger partial charge in [-0.05, 0) is 35.6 Å². The standard InChI is InChI=1S/C23H25NO5/c25-22(26)12-18-15-28-11-10-24(18)23(27)21-13-20(21)17-6-8-19(9-7-17)29-14-16-4-2-1-3-5-16/h1-9,18,20-21H,10-15H2,(H,25,26). The fraction of sp³-hybridized carbons (Fsp3) is 0.391. The zero-order valence-electron chi connectivity index (χ0n) is 16.2. The fourth-order valence-corrected chi connectivity index (χ4v) is 3.92. The summed E-state index contributed by atoms with van der Waals surface area (Å²) in [5.41, 5.74) is 2.24. The number of carbonyl (C=O) groups is 2. The van der Waals surface area contributed by atoms with Gasteiger partial charge in [0, 0.05) is 12.5 Å². The number of hydrogen-bond acceptors (Lipinski definition) is 4. The predicted molar refractivity (Wildman–Crippen MR) is 107 cm³/mol. The SMILES string of the molecule is O=C(O)CC1COCCN1C(=O)C1CC1c1ccc(OCc2ccccc2)cc1. The highest BCUT2D eigenvalue weighted by atomic mass is 16.5. The lowest BCUT2D eigenvalue weighted by atomic mass is 10.1. The second kappa shape index (κ2) is 8.66. The molecular formula is C23H25NO5. The smallest absolute Gasteiger partial charge is 0.305 e. The van der Waals surface area contributed by atoms with E-state index in [1.165, 1.54) is 0 Å². The molecule has 0 radical (unpaired) electrons. The van der Waals surface area contributed by atoms with Crippen LogP contribution in [0, 0.1) is 5.92 Å². The zero-order chi connectivity index (χ0) is 20.2. The highest BCUT2D eigenvalue weighted by Gasteiger charge is 2.47. The van der Waals surface area contributed by atoms with Crippen LogP contribution >= 0.6 is 0 Å². The molecule has 0 spiro atoms. The Balaban J connectivity index is 1.33. The molecule has 1 heterocycles. The van der Waals surface area contributed by atoms with Crippen molar-refractivity contribution in [3.63, 3.8) is 0 Å². The van der Waals surface area contributed by atoms with E-state index >= 15 is 0 Å². The number of hydrogen-bond donors (Lipinski definition) is 1. The van der Waals surface area contributed by atoms with Gasteiger partial charge in [0.2, 0.25) is 5.91 Å². The first-order valence-electron chi connectivity index (χ1n) is 9.98. The van der Waals surface area contributed by atoms with Crippen molar-refractivity contribution in [2.24, 2.45) is 5.92 Å². The molecule has 2 fully saturated rings. The van der Waals surface area contributed by atoms with Crippen molar-refractivity contribution in [3.8, 4) is 5.75 Å². The first kappa shape index (κ1) is 19.5. The van der Waals surface area contributed by atoms with Gasteiger partial charge in [0.15, 0.2) is 0 Å². The van der Waals surface area contributed by atoms with Crippen molar-refractivity contribution < 1.29 is 24.2 Å². The molecule has 4 rings (SSSR count). The molecule has 29 heavy (non-hydrogen) atoms. The Morgan fingerprint density at radius 2 is 1.86 bits per heavy atom. The van der Waals surface area contributed by atoms with Crippen LogP contribution in [0.1, 0.15) is 29.9 Å². The lowest BCUT2D eigenvalue weighted by Crippen LogP contribution is -2.50. The largest absolute Gasteiger partial charge is 0.489 e. The summed E-state index contributed by atoms with van der Waals surface area (Å²) < 4.78 is 11.2. The van der Waals surface area contributed by atoms with Gasteiger partial charge in [-0.1, -0.05) is 42.5 Å². The van der Waals surface area contributed by atoms with Gasteiger partial charge in [0.05, 0.1) is 25.7 Å². The van der Waals surface area contributed by atoms with Crippen molar-refractivity contribution in [2.75, 3.05) is 19.8 Å². The highest BCUT2D eigenvalue weighted by molar-refractivity contribution is 5.84. The minimum Gasteiger partial charge on any atom is -0.489 e. The lowest BCUT2D eigenvalue weighted by Gasteiger charge is -2.35. The number of carboxylic acid groups (broad SMARTS) is 1. The van der Waals surface area contributed by atoms with Crippen LogP contribution < -0.4 is 4.74 Å². The second-order valence-electron chi connectivity index (χ2n) is 7.65. The molecule has 2 aromatic carbocycles.